The molecule has 0 aromatic heterocycles. The van der Waals surface area contributed by atoms with E-state index >= 15 is 0 Å². The van der Waals surface area contributed by atoms with Crippen LogP contribution in [0, 0.1) is 11.3 Å². The van der Waals surface area contributed by atoms with Crippen LogP contribution in [0.5, 0.6) is 0 Å². The van der Waals surface area contributed by atoms with Gasteiger partial charge < -0.3 is 4.90 Å². The van der Waals surface area contributed by atoms with E-state index in [2.05, 4.69) is 32.2 Å². The lowest BCUT2D eigenvalue weighted by Crippen LogP contribution is -2.52. The Hall–Kier alpha value is -1.49. The second-order valence-electron chi connectivity index (χ2n) is 5.00. The Balaban J connectivity index is 1.82. The van der Waals surface area contributed by atoms with Crippen LogP contribution in [0.15, 0.2) is 28.7 Å². The zero-order valence-corrected chi connectivity index (χ0v) is 14.5. The summed E-state index contributed by atoms with van der Waals surface area (Å²) in [5, 5.41) is 11.8. The number of hydrogen-bond donors (Lipinski definition) is 1. The fraction of sp³-hybridized carbons (Fsp3) is 0.400. The summed E-state index contributed by atoms with van der Waals surface area (Å²) >= 11 is 8.66. The van der Waals surface area contributed by atoms with Gasteiger partial charge in [0.1, 0.15) is 0 Å². The molecule has 1 saturated heterocycles. The Kier molecular flexibility index (Phi) is 6.31. The smallest absolute Gasteiger partial charge is 0.257 e. The van der Waals surface area contributed by atoms with Gasteiger partial charge in [-0.2, -0.15) is 5.26 Å². The molecule has 0 spiro atoms. The highest BCUT2D eigenvalue weighted by Gasteiger charge is 2.20. The highest BCUT2D eigenvalue weighted by molar-refractivity contribution is 9.10. The largest absolute Gasteiger partial charge is 0.346 e. The van der Waals surface area contributed by atoms with Crippen molar-refractivity contribution in [1.29, 1.82) is 5.26 Å². The number of benzene rings is 1. The summed E-state index contributed by atoms with van der Waals surface area (Å²) in [6.45, 7) is 4.05. The minimum absolute atomic E-state index is 0.190. The summed E-state index contributed by atoms with van der Waals surface area (Å²) in [5.74, 6) is -0.190. The van der Waals surface area contributed by atoms with Crippen LogP contribution in [0.4, 0.5) is 0 Å². The molecular weight excluding hydrogens is 364 g/mol. The molecule has 2 rings (SSSR count). The van der Waals surface area contributed by atoms with Crippen LogP contribution in [-0.4, -0.2) is 53.5 Å². The fourth-order valence-electron chi connectivity index (χ4n) is 2.23. The van der Waals surface area contributed by atoms with Gasteiger partial charge in [-0.05, 0) is 36.5 Å². The molecule has 22 heavy (non-hydrogen) atoms. The number of nitrogens with one attached hydrogen (secondary N) is 1. The lowest BCUT2D eigenvalue weighted by atomic mass is 10.2. The van der Waals surface area contributed by atoms with Gasteiger partial charge in [0.15, 0.2) is 5.11 Å². The number of rotatable bonds is 3. The maximum Gasteiger partial charge on any atom is 0.257 e. The molecule has 1 heterocycles. The third-order valence-corrected chi connectivity index (χ3v) is 4.42. The van der Waals surface area contributed by atoms with Crippen LogP contribution in [-0.2, 0) is 0 Å². The minimum Gasteiger partial charge on any atom is -0.346 e. The molecule has 0 unspecified atom stereocenters. The van der Waals surface area contributed by atoms with Crippen LogP contribution in [0.25, 0.3) is 0 Å². The van der Waals surface area contributed by atoms with E-state index in [-0.39, 0.29) is 5.91 Å². The quantitative estimate of drug-likeness (QED) is 0.812. The molecule has 1 aromatic carbocycles. The van der Waals surface area contributed by atoms with Gasteiger partial charge in [-0.25, -0.2) is 0 Å². The number of halogens is 1. The monoisotopic (exact) mass is 380 g/mol. The molecule has 1 aliphatic rings. The van der Waals surface area contributed by atoms with Crippen molar-refractivity contribution in [1.82, 2.24) is 15.1 Å². The molecule has 0 aliphatic carbocycles. The zero-order valence-electron chi connectivity index (χ0n) is 12.1. The molecule has 1 aliphatic heterocycles. The van der Waals surface area contributed by atoms with E-state index in [0.29, 0.717) is 17.1 Å². The molecular formula is C15H17BrN4OS. The number of carbonyl (C=O) groups is 1. The van der Waals surface area contributed by atoms with Crippen molar-refractivity contribution in [3.05, 3.63) is 34.3 Å². The second kappa shape index (κ2) is 8.22. The highest BCUT2D eigenvalue weighted by Crippen LogP contribution is 2.10. The van der Waals surface area contributed by atoms with Crippen molar-refractivity contribution in [2.75, 3.05) is 32.7 Å². The minimum atomic E-state index is -0.190. The highest BCUT2D eigenvalue weighted by atomic mass is 79.9. The molecule has 0 radical (unpaired) electrons. The Morgan fingerprint density at radius 2 is 1.91 bits per heavy atom. The number of hydrogen-bond acceptors (Lipinski definition) is 4. The Bertz CT molecular complexity index is 576. The first-order valence-electron chi connectivity index (χ1n) is 7.05. The topological polar surface area (TPSA) is 59.4 Å². The molecule has 5 nitrogen and oxygen atoms in total. The summed E-state index contributed by atoms with van der Waals surface area (Å²) in [5.41, 5.74) is 0.582. The van der Waals surface area contributed by atoms with E-state index in [4.69, 9.17) is 17.5 Å². The van der Waals surface area contributed by atoms with Crippen LogP contribution in [0.2, 0.25) is 0 Å². The second-order valence-corrected chi connectivity index (χ2v) is 6.31. The first-order chi connectivity index (χ1) is 10.6. The maximum absolute atomic E-state index is 12.1. The van der Waals surface area contributed by atoms with E-state index < -0.39 is 0 Å². The number of thiocarbonyl (C=S) groups is 1. The Morgan fingerprint density at radius 1 is 1.27 bits per heavy atom. The zero-order chi connectivity index (χ0) is 15.9. The molecule has 7 heteroatoms. The van der Waals surface area contributed by atoms with Crippen LogP contribution in [0.1, 0.15) is 16.8 Å². The third-order valence-electron chi connectivity index (χ3n) is 3.53. The van der Waals surface area contributed by atoms with E-state index in [1.165, 1.54) is 0 Å². The number of nitrogens with zero attached hydrogens (tertiary/aromatic N) is 3. The predicted octanol–water partition coefficient (Wildman–Crippen LogP) is 2.00. The van der Waals surface area contributed by atoms with Crippen LogP contribution in [0.3, 0.4) is 0 Å². The molecule has 116 valence electrons. The van der Waals surface area contributed by atoms with Gasteiger partial charge in [-0.15, -0.1) is 0 Å². The number of carbonyl (C=O) groups excluding carboxylic acids is 1. The van der Waals surface area contributed by atoms with E-state index in [0.717, 1.165) is 37.2 Å². The van der Waals surface area contributed by atoms with Gasteiger partial charge >= 0.3 is 0 Å². The van der Waals surface area contributed by atoms with Crippen molar-refractivity contribution in [2.45, 2.75) is 6.42 Å². The van der Waals surface area contributed by atoms with Gasteiger partial charge in [0, 0.05) is 49.2 Å². The Morgan fingerprint density at radius 3 is 2.50 bits per heavy atom. The fourth-order valence-corrected chi connectivity index (χ4v) is 2.77. The van der Waals surface area contributed by atoms with Crippen molar-refractivity contribution in [3.8, 4) is 6.07 Å². The number of piperazine rings is 1. The molecule has 1 aromatic rings. The normalized spacial score (nSPS) is 15.2. The third kappa shape index (κ3) is 4.77. The standard InChI is InChI=1S/C15H17BrN4OS/c16-13-4-2-12(3-5-13)14(21)18-15(22)20-10-8-19(9-11-20)7-1-6-17/h2-5H,1,7-11H2,(H,18,21,22). The van der Waals surface area contributed by atoms with Crippen molar-refractivity contribution >= 4 is 39.2 Å². The van der Waals surface area contributed by atoms with Crippen LogP contribution >= 0.6 is 28.1 Å². The molecule has 0 bridgehead atoms. The summed E-state index contributed by atoms with van der Waals surface area (Å²) < 4.78 is 0.931. The van der Waals surface area contributed by atoms with Crippen molar-refractivity contribution in [2.24, 2.45) is 0 Å². The average molecular weight is 381 g/mol. The van der Waals surface area contributed by atoms with E-state index in [1.54, 1.807) is 12.1 Å². The Labute approximate surface area is 144 Å². The molecule has 0 saturated carbocycles. The molecule has 0 atom stereocenters. The SMILES string of the molecule is N#CCCN1CCN(C(=S)NC(=O)c2ccc(Br)cc2)CC1. The van der Waals surface area contributed by atoms with Gasteiger partial charge in [0.25, 0.3) is 5.91 Å². The van der Waals surface area contributed by atoms with Gasteiger partial charge in [-0.3, -0.25) is 15.0 Å². The van der Waals surface area contributed by atoms with E-state index in [9.17, 15) is 4.79 Å². The predicted molar refractivity (Wildman–Crippen MR) is 92.4 cm³/mol. The number of nitriles is 1. The van der Waals surface area contributed by atoms with Crippen molar-refractivity contribution in [3.63, 3.8) is 0 Å². The van der Waals surface area contributed by atoms with Gasteiger partial charge in [0.2, 0.25) is 0 Å². The van der Waals surface area contributed by atoms with E-state index in [1.807, 2.05) is 17.0 Å². The maximum atomic E-state index is 12.1. The molecule has 1 N–H and O–H groups in total. The number of amides is 1. The summed E-state index contributed by atoms with van der Waals surface area (Å²) in [7, 11) is 0. The summed E-state index contributed by atoms with van der Waals surface area (Å²) in [4.78, 5) is 16.4. The first kappa shape index (κ1) is 16.9. The van der Waals surface area contributed by atoms with Gasteiger partial charge in [0.05, 0.1) is 6.07 Å². The lowest BCUT2D eigenvalue weighted by molar-refractivity contribution is 0.0969. The summed E-state index contributed by atoms with van der Waals surface area (Å²) in [6, 6.07) is 9.31. The van der Waals surface area contributed by atoms with Gasteiger partial charge in [-0.1, -0.05) is 15.9 Å². The van der Waals surface area contributed by atoms with Crippen molar-refractivity contribution < 1.29 is 4.79 Å². The average Bonchev–Trinajstić information content (AvgIpc) is 2.54. The lowest BCUT2D eigenvalue weighted by Gasteiger charge is -2.35. The first-order valence-corrected chi connectivity index (χ1v) is 8.25. The summed E-state index contributed by atoms with van der Waals surface area (Å²) in [6.07, 6.45) is 0.546. The van der Waals surface area contributed by atoms with Crippen LogP contribution < -0.4 is 5.32 Å². The molecule has 1 fully saturated rings. The molecule has 1 amide bonds.